The van der Waals surface area contributed by atoms with Gasteiger partial charge in [0.15, 0.2) is 0 Å². The first-order valence-corrected chi connectivity index (χ1v) is 7.33. The second-order valence-corrected chi connectivity index (χ2v) is 6.09. The van der Waals surface area contributed by atoms with Crippen LogP contribution in [0, 0.1) is 5.92 Å². The molecule has 0 aromatic rings. The van der Waals surface area contributed by atoms with Gasteiger partial charge >= 0.3 is 0 Å². The van der Waals surface area contributed by atoms with Crippen LogP contribution in [0.4, 0.5) is 0 Å². The molecule has 102 valence electrons. The van der Waals surface area contributed by atoms with E-state index in [1.54, 1.807) is 6.92 Å². The van der Waals surface area contributed by atoms with Crippen molar-refractivity contribution in [3.05, 3.63) is 0 Å². The minimum Gasteiger partial charge on any atom is -0.369 e. The predicted octanol–water partition coefficient (Wildman–Crippen LogP) is -0.158. The minimum absolute atomic E-state index is 0.00947. The summed E-state index contributed by atoms with van der Waals surface area (Å²) in [5, 5.41) is 7.25. The maximum absolute atomic E-state index is 11.4. The molecule has 1 unspecified atom stereocenters. The number of carbonyl (C=O) groups is 1. The molecule has 7 heteroatoms. The van der Waals surface area contributed by atoms with Crippen LogP contribution in [0.3, 0.4) is 0 Å². The normalized spacial score (nSPS) is 13.7. The van der Waals surface area contributed by atoms with Crippen molar-refractivity contribution in [1.29, 1.82) is 0 Å². The molecule has 1 atom stereocenters. The summed E-state index contributed by atoms with van der Waals surface area (Å²) in [6, 6.07) is 0. The van der Waals surface area contributed by atoms with Crippen molar-refractivity contribution in [3.63, 3.8) is 0 Å². The van der Waals surface area contributed by atoms with Gasteiger partial charge in [0.1, 0.15) is 6.10 Å². The Bertz CT molecular complexity index is 327. The van der Waals surface area contributed by atoms with Crippen LogP contribution in [0.5, 0.6) is 0 Å². The number of hydrogen-bond donors (Lipinski definition) is 2. The summed E-state index contributed by atoms with van der Waals surface area (Å²) in [6.07, 6.45) is 0.309. The molecule has 0 bridgehead atoms. The summed E-state index contributed by atoms with van der Waals surface area (Å²) in [5.74, 6) is -0.0673. The van der Waals surface area contributed by atoms with Crippen molar-refractivity contribution >= 4 is 15.9 Å². The average molecular weight is 266 g/mol. The molecule has 17 heavy (non-hydrogen) atoms. The van der Waals surface area contributed by atoms with Gasteiger partial charge in [-0.1, -0.05) is 13.8 Å². The van der Waals surface area contributed by atoms with E-state index in [0.29, 0.717) is 12.5 Å². The molecule has 6 nitrogen and oxygen atoms in total. The summed E-state index contributed by atoms with van der Waals surface area (Å²) in [5.41, 5.74) is 0. The molecular weight excluding hydrogens is 244 g/mol. The quantitative estimate of drug-likeness (QED) is 0.638. The van der Waals surface area contributed by atoms with E-state index in [-0.39, 0.29) is 18.2 Å². The predicted molar refractivity (Wildman–Crippen MR) is 65.9 cm³/mol. The van der Waals surface area contributed by atoms with Crippen LogP contribution in [-0.2, 0) is 19.6 Å². The third kappa shape index (κ3) is 10.2. The van der Waals surface area contributed by atoms with Crippen molar-refractivity contribution in [1.82, 2.24) is 5.32 Å². The van der Waals surface area contributed by atoms with E-state index in [1.807, 2.05) is 0 Å². The Balaban J connectivity index is 3.75. The molecular formula is C10H22N2O4S. The van der Waals surface area contributed by atoms with Gasteiger partial charge in [-0.25, -0.2) is 13.6 Å². The topological polar surface area (TPSA) is 98.5 Å². The van der Waals surface area contributed by atoms with Crippen LogP contribution in [-0.4, -0.2) is 39.3 Å². The molecule has 0 aliphatic heterocycles. The summed E-state index contributed by atoms with van der Waals surface area (Å²) < 4.78 is 26.6. The Morgan fingerprint density at radius 2 is 1.94 bits per heavy atom. The van der Waals surface area contributed by atoms with Crippen molar-refractivity contribution in [2.75, 3.05) is 18.9 Å². The van der Waals surface area contributed by atoms with E-state index in [1.165, 1.54) is 0 Å². The molecule has 0 aromatic carbocycles. The largest absolute Gasteiger partial charge is 0.369 e. The SMILES string of the molecule is CC(C)CCOC(C)C(=O)NCCS(N)(=O)=O. The Hall–Kier alpha value is -0.660. The molecule has 0 rings (SSSR count). The number of ether oxygens (including phenoxy) is 1. The van der Waals surface area contributed by atoms with Gasteiger partial charge < -0.3 is 10.1 Å². The molecule has 0 saturated carbocycles. The number of nitrogens with two attached hydrogens (primary N) is 1. The van der Waals surface area contributed by atoms with Crippen LogP contribution in [0.1, 0.15) is 27.2 Å². The molecule has 0 heterocycles. The van der Waals surface area contributed by atoms with Gasteiger partial charge in [0.05, 0.1) is 5.75 Å². The lowest BCUT2D eigenvalue weighted by atomic mass is 10.1. The lowest BCUT2D eigenvalue weighted by Crippen LogP contribution is -2.38. The molecule has 0 spiro atoms. The number of hydrogen-bond acceptors (Lipinski definition) is 4. The number of rotatable bonds is 8. The van der Waals surface area contributed by atoms with E-state index in [2.05, 4.69) is 19.2 Å². The Morgan fingerprint density at radius 3 is 2.41 bits per heavy atom. The second kappa shape index (κ2) is 7.62. The zero-order valence-electron chi connectivity index (χ0n) is 10.6. The van der Waals surface area contributed by atoms with Crippen molar-refractivity contribution in [2.45, 2.75) is 33.3 Å². The van der Waals surface area contributed by atoms with Crippen molar-refractivity contribution < 1.29 is 17.9 Å². The van der Waals surface area contributed by atoms with Crippen molar-refractivity contribution in [3.8, 4) is 0 Å². The van der Waals surface area contributed by atoms with Crippen LogP contribution in [0.15, 0.2) is 0 Å². The first kappa shape index (κ1) is 16.3. The number of sulfonamides is 1. The molecule has 0 radical (unpaired) electrons. The molecule has 0 aliphatic carbocycles. The molecule has 3 N–H and O–H groups in total. The standard InChI is InChI=1S/C10H22N2O4S/c1-8(2)4-6-16-9(3)10(13)12-5-7-17(11,14)15/h8-9H,4-7H2,1-3H3,(H,12,13)(H2,11,14,15). The van der Waals surface area contributed by atoms with Crippen LogP contribution < -0.4 is 10.5 Å². The maximum Gasteiger partial charge on any atom is 0.248 e. The summed E-state index contributed by atoms with van der Waals surface area (Å²) >= 11 is 0. The third-order valence-electron chi connectivity index (χ3n) is 2.12. The highest BCUT2D eigenvalue weighted by Crippen LogP contribution is 2.01. The number of carbonyl (C=O) groups excluding carboxylic acids is 1. The Kier molecular flexibility index (Phi) is 7.33. The zero-order valence-corrected chi connectivity index (χ0v) is 11.4. The highest BCUT2D eigenvalue weighted by Gasteiger charge is 2.13. The van der Waals surface area contributed by atoms with Crippen molar-refractivity contribution in [2.24, 2.45) is 11.1 Å². The van der Waals surface area contributed by atoms with Gasteiger partial charge in [-0.15, -0.1) is 0 Å². The zero-order chi connectivity index (χ0) is 13.5. The molecule has 0 fully saturated rings. The minimum atomic E-state index is -3.53. The van der Waals surface area contributed by atoms with E-state index in [0.717, 1.165) is 6.42 Å². The summed E-state index contributed by atoms with van der Waals surface area (Å²) in [7, 11) is -3.53. The number of amides is 1. The van der Waals surface area contributed by atoms with Crippen LogP contribution >= 0.6 is 0 Å². The number of nitrogens with one attached hydrogen (secondary N) is 1. The van der Waals surface area contributed by atoms with E-state index < -0.39 is 16.1 Å². The first-order valence-electron chi connectivity index (χ1n) is 5.62. The second-order valence-electron chi connectivity index (χ2n) is 4.35. The van der Waals surface area contributed by atoms with Gasteiger partial charge in [-0.3, -0.25) is 4.79 Å². The lowest BCUT2D eigenvalue weighted by Gasteiger charge is -2.13. The van der Waals surface area contributed by atoms with Crippen LogP contribution in [0.25, 0.3) is 0 Å². The highest BCUT2D eigenvalue weighted by atomic mass is 32.2. The van der Waals surface area contributed by atoms with Crippen LogP contribution in [0.2, 0.25) is 0 Å². The van der Waals surface area contributed by atoms with Gasteiger partial charge in [-0.05, 0) is 19.3 Å². The number of primary sulfonamides is 1. The summed E-state index contributed by atoms with van der Waals surface area (Å²) in [6.45, 7) is 6.30. The Morgan fingerprint density at radius 1 is 1.35 bits per heavy atom. The monoisotopic (exact) mass is 266 g/mol. The molecule has 0 aliphatic rings. The smallest absolute Gasteiger partial charge is 0.248 e. The highest BCUT2D eigenvalue weighted by molar-refractivity contribution is 7.89. The average Bonchev–Trinajstić information content (AvgIpc) is 2.14. The van der Waals surface area contributed by atoms with Gasteiger partial charge in [0, 0.05) is 13.2 Å². The van der Waals surface area contributed by atoms with E-state index >= 15 is 0 Å². The first-order chi connectivity index (χ1) is 7.72. The fourth-order valence-electron chi connectivity index (χ4n) is 1.02. The van der Waals surface area contributed by atoms with E-state index in [4.69, 9.17) is 9.88 Å². The Labute approximate surface area is 103 Å². The lowest BCUT2D eigenvalue weighted by molar-refractivity contribution is -0.131. The third-order valence-corrected chi connectivity index (χ3v) is 2.89. The fraction of sp³-hybridized carbons (Fsp3) is 0.900. The van der Waals surface area contributed by atoms with Gasteiger partial charge in [0.2, 0.25) is 15.9 Å². The molecule has 0 saturated heterocycles. The summed E-state index contributed by atoms with van der Waals surface area (Å²) in [4.78, 5) is 11.4. The fourth-order valence-corrected chi connectivity index (χ4v) is 1.40. The van der Waals surface area contributed by atoms with Gasteiger partial charge in [0.25, 0.3) is 0 Å². The molecule has 1 amide bonds. The maximum atomic E-state index is 11.4. The van der Waals surface area contributed by atoms with Gasteiger partial charge in [-0.2, -0.15) is 0 Å². The molecule has 0 aromatic heterocycles. The van der Waals surface area contributed by atoms with E-state index in [9.17, 15) is 13.2 Å².